The van der Waals surface area contributed by atoms with Crippen molar-refractivity contribution in [3.8, 4) is 0 Å². The number of cyclic esters (lactones) is 1. The van der Waals surface area contributed by atoms with Crippen LogP contribution in [-0.4, -0.2) is 24.3 Å². The molecule has 0 N–H and O–H groups in total. The highest BCUT2D eigenvalue weighted by Gasteiger charge is 2.71. The van der Waals surface area contributed by atoms with Gasteiger partial charge in [0.15, 0.2) is 0 Å². The van der Waals surface area contributed by atoms with Gasteiger partial charge in [-0.15, -0.1) is 0 Å². The van der Waals surface area contributed by atoms with Crippen LogP contribution in [0.25, 0.3) is 0 Å². The fraction of sp³-hybridized carbons (Fsp3) is 0.850. The number of hydrogen-bond donors (Lipinski definition) is 0. The van der Waals surface area contributed by atoms with Gasteiger partial charge >= 0.3 is 5.97 Å². The first kappa shape index (κ1) is 15.7. The standard InChI is InChI=1S/C20H30O3/c1-13-7-10-19(3)15(5-6-16-20(19,4)23-16)18(13,2)9-8-14-11-17(21)22-12-14/h11,13,15-16H,5-10,12H2,1-4H3/t13-,15-,16+,18+,19+,20+/m0/s1. The van der Waals surface area contributed by atoms with E-state index in [9.17, 15) is 4.79 Å². The third kappa shape index (κ3) is 2.08. The fourth-order valence-corrected chi connectivity index (χ4v) is 6.16. The highest BCUT2D eigenvalue weighted by Crippen LogP contribution is 2.70. The monoisotopic (exact) mass is 318 g/mol. The maximum Gasteiger partial charge on any atom is 0.331 e. The molecule has 3 nitrogen and oxygen atoms in total. The van der Waals surface area contributed by atoms with Gasteiger partial charge in [-0.3, -0.25) is 0 Å². The number of epoxide rings is 1. The number of fused-ring (bicyclic) bond motifs is 3. The van der Waals surface area contributed by atoms with Crippen molar-refractivity contribution < 1.29 is 14.3 Å². The van der Waals surface area contributed by atoms with Crippen molar-refractivity contribution in [3.05, 3.63) is 11.6 Å². The van der Waals surface area contributed by atoms with Crippen molar-refractivity contribution in [2.45, 2.75) is 77.9 Å². The van der Waals surface area contributed by atoms with E-state index in [-0.39, 0.29) is 11.6 Å². The molecule has 128 valence electrons. The molecule has 3 heteroatoms. The van der Waals surface area contributed by atoms with Crippen molar-refractivity contribution >= 4 is 5.97 Å². The molecule has 1 saturated heterocycles. The van der Waals surface area contributed by atoms with Crippen LogP contribution in [0, 0.1) is 22.7 Å². The first-order valence-corrected chi connectivity index (χ1v) is 9.34. The van der Waals surface area contributed by atoms with Crippen LogP contribution in [0.2, 0.25) is 0 Å². The summed E-state index contributed by atoms with van der Waals surface area (Å²) in [4.78, 5) is 11.3. The average molecular weight is 318 g/mol. The molecule has 23 heavy (non-hydrogen) atoms. The molecule has 0 amide bonds. The van der Waals surface area contributed by atoms with E-state index in [0.717, 1.165) is 24.7 Å². The second-order valence-corrected chi connectivity index (χ2v) is 9.12. The Bertz CT molecular complexity index is 567. The van der Waals surface area contributed by atoms with E-state index in [1.807, 2.05) is 0 Å². The Kier molecular flexibility index (Phi) is 3.30. The Labute approximate surface area is 139 Å². The van der Waals surface area contributed by atoms with Gasteiger partial charge < -0.3 is 9.47 Å². The van der Waals surface area contributed by atoms with Crippen LogP contribution in [0.5, 0.6) is 0 Å². The van der Waals surface area contributed by atoms with E-state index >= 15 is 0 Å². The largest absolute Gasteiger partial charge is 0.458 e. The Morgan fingerprint density at radius 1 is 1.22 bits per heavy atom. The zero-order valence-corrected chi connectivity index (χ0v) is 15.0. The van der Waals surface area contributed by atoms with E-state index in [2.05, 4.69) is 27.7 Å². The highest BCUT2D eigenvalue weighted by molar-refractivity contribution is 5.85. The maximum atomic E-state index is 11.3. The van der Waals surface area contributed by atoms with Gasteiger partial charge in [-0.05, 0) is 68.3 Å². The third-order valence-corrected chi connectivity index (χ3v) is 8.29. The molecular weight excluding hydrogens is 288 g/mol. The van der Waals surface area contributed by atoms with E-state index in [4.69, 9.17) is 9.47 Å². The molecule has 0 radical (unpaired) electrons. The van der Waals surface area contributed by atoms with E-state index in [1.165, 1.54) is 31.3 Å². The summed E-state index contributed by atoms with van der Waals surface area (Å²) in [6.45, 7) is 10.3. The smallest absolute Gasteiger partial charge is 0.331 e. The van der Waals surface area contributed by atoms with Crippen LogP contribution >= 0.6 is 0 Å². The summed E-state index contributed by atoms with van der Waals surface area (Å²) >= 11 is 0. The van der Waals surface area contributed by atoms with Crippen LogP contribution in [0.15, 0.2) is 11.6 Å². The van der Waals surface area contributed by atoms with Gasteiger partial charge in [0.25, 0.3) is 0 Å². The maximum absolute atomic E-state index is 11.3. The van der Waals surface area contributed by atoms with Crippen molar-refractivity contribution in [3.63, 3.8) is 0 Å². The van der Waals surface area contributed by atoms with Gasteiger partial charge in [-0.2, -0.15) is 0 Å². The average Bonchev–Trinajstić information content (AvgIpc) is 3.02. The lowest BCUT2D eigenvalue weighted by Gasteiger charge is -2.59. The first-order valence-electron chi connectivity index (χ1n) is 9.34. The van der Waals surface area contributed by atoms with E-state index in [1.54, 1.807) is 6.08 Å². The molecule has 2 saturated carbocycles. The molecule has 0 spiro atoms. The van der Waals surface area contributed by atoms with Crippen molar-refractivity contribution in [2.75, 3.05) is 6.61 Å². The molecular formula is C20H30O3. The summed E-state index contributed by atoms with van der Waals surface area (Å²) in [5.41, 5.74) is 1.94. The van der Waals surface area contributed by atoms with Gasteiger partial charge in [-0.1, -0.05) is 20.8 Å². The quantitative estimate of drug-likeness (QED) is 0.576. The molecule has 6 atom stereocenters. The van der Waals surface area contributed by atoms with E-state index in [0.29, 0.717) is 23.5 Å². The summed E-state index contributed by atoms with van der Waals surface area (Å²) < 4.78 is 11.3. The minimum Gasteiger partial charge on any atom is -0.458 e. The third-order valence-electron chi connectivity index (χ3n) is 8.29. The molecule has 4 aliphatic rings. The molecule has 0 aromatic heterocycles. The molecule has 2 aliphatic carbocycles. The predicted molar refractivity (Wildman–Crippen MR) is 88.9 cm³/mol. The van der Waals surface area contributed by atoms with Crippen LogP contribution < -0.4 is 0 Å². The minimum atomic E-state index is -0.161. The summed E-state index contributed by atoms with van der Waals surface area (Å²) in [5.74, 6) is 1.30. The van der Waals surface area contributed by atoms with Crippen LogP contribution in [0.1, 0.15) is 66.2 Å². The molecule has 0 aromatic rings. The van der Waals surface area contributed by atoms with Gasteiger partial charge in [0.05, 0.1) is 11.7 Å². The molecule has 0 unspecified atom stereocenters. The minimum absolute atomic E-state index is 0.114. The fourth-order valence-electron chi connectivity index (χ4n) is 6.16. The lowest BCUT2D eigenvalue weighted by Crippen LogP contribution is -2.56. The second kappa shape index (κ2) is 4.84. The number of hydrogen-bond acceptors (Lipinski definition) is 3. The van der Waals surface area contributed by atoms with Gasteiger partial charge in [-0.25, -0.2) is 4.79 Å². The van der Waals surface area contributed by atoms with Gasteiger partial charge in [0, 0.05) is 11.5 Å². The summed E-state index contributed by atoms with van der Waals surface area (Å²) in [6, 6.07) is 0. The Hall–Kier alpha value is -0.830. The first-order chi connectivity index (χ1) is 10.8. The molecule has 0 bridgehead atoms. The number of carbonyl (C=O) groups excluding carboxylic acids is 1. The van der Waals surface area contributed by atoms with Gasteiger partial charge in [0.1, 0.15) is 6.61 Å². The highest BCUT2D eigenvalue weighted by atomic mass is 16.6. The van der Waals surface area contributed by atoms with Gasteiger partial charge in [0.2, 0.25) is 0 Å². The Morgan fingerprint density at radius 2 is 2.00 bits per heavy atom. The molecule has 2 heterocycles. The molecule has 4 rings (SSSR count). The number of rotatable bonds is 3. The summed E-state index contributed by atoms with van der Waals surface area (Å²) in [7, 11) is 0. The normalized spacial score (nSPS) is 51.6. The SMILES string of the molecule is C[C@H]1CC[C@]2(C)[C@@H](CC[C@H]3O[C@]32C)[C@]1(C)CCC1=CC(=O)OC1. The number of esters is 1. The predicted octanol–water partition coefficient (Wildman–Crippen LogP) is 4.26. The van der Waals surface area contributed by atoms with Crippen molar-refractivity contribution in [1.29, 1.82) is 0 Å². The molecule has 0 aromatic carbocycles. The topological polar surface area (TPSA) is 38.8 Å². The zero-order valence-electron chi connectivity index (χ0n) is 15.0. The summed E-state index contributed by atoms with van der Waals surface area (Å²) in [5, 5.41) is 0. The Morgan fingerprint density at radius 3 is 2.70 bits per heavy atom. The van der Waals surface area contributed by atoms with Crippen LogP contribution in [-0.2, 0) is 14.3 Å². The number of carbonyl (C=O) groups is 1. The number of ether oxygens (including phenoxy) is 2. The van der Waals surface area contributed by atoms with Crippen LogP contribution in [0.3, 0.4) is 0 Å². The van der Waals surface area contributed by atoms with E-state index < -0.39 is 0 Å². The molecule has 2 aliphatic heterocycles. The van der Waals surface area contributed by atoms with Crippen LogP contribution in [0.4, 0.5) is 0 Å². The summed E-state index contributed by atoms with van der Waals surface area (Å²) in [6.07, 6.45) is 9.49. The van der Waals surface area contributed by atoms with Crippen molar-refractivity contribution in [1.82, 2.24) is 0 Å². The second-order valence-electron chi connectivity index (χ2n) is 9.12. The zero-order chi connectivity index (χ0) is 16.5. The molecule has 3 fully saturated rings. The van der Waals surface area contributed by atoms with Crippen molar-refractivity contribution in [2.24, 2.45) is 22.7 Å². The Balaban J connectivity index is 1.57. The lowest BCUT2D eigenvalue weighted by molar-refractivity contribution is -0.134. The lowest BCUT2D eigenvalue weighted by atomic mass is 9.44.